The van der Waals surface area contributed by atoms with Crippen molar-refractivity contribution in [2.75, 3.05) is 0 Å². The molecule has 1 heterocycles. The normalized spacial score (nSPS) is 10.5. The summed E-state index contributed by atoms with van der Waals surface area (Å²) in [4.78, 5) is 12.8. The van der Waals surface area contributed by atoms with E-state index in [1.807, 2.05) is 0 Å². The summed E-state index contributed by atoms with van der Waals surface area (Å²) in [7, 11) is 0. The summed E-state index contributed by atoms with van der Waals surface area (Å²) in [5, 5.41) is 0. The van der Waals surface area contributed by atoms with Crippen molar-refractivity contribution in [3.8, 4) is 0 Å². The van der Waals surface area contributed by atoms with Crippen LogP contribution in [0.25, 0.3) is 0 Å². The first kappa shape index (κ1) is 9.63. The Labute approximate surface area is 70.2 Å². The molecule has 1 aromatic rings. The van der Waals surface area contributed by atoms with Gasteiger partial charge in [0.1, 0.15) is 17.1 Å². The van der Waals surface area contributed by atoms with Crippen molar-refractivity contribution in [2.45, 2.75) is 6.43 Å². The van der Waals surface area contributed by atoms with Gasteiger partial charge < -0.3 is 0 Å². The second kappa shape index (κ2) is 3.51. The molecule has 13 heavy (non-hydrogen) atoms. The topological polar surface area (TPSA) is 30.0 Å². The highest BCUT2D eigenvalue weighted by atomic mass is 19.3. The predicted octanol–water partition coefficient (Wildman–Crippen LogP) is 2.11. The highest BCUT2D eigenvalue weighted by Gasteiger charge is 2.20. The molecule has 0 spiro atoms. The van der Waals surface area contributed by atoms with E-state index in [9.17, 15) is 22.4 Å². The van der Waals surface area contributed by atoms with Gasteiger partial charge in [0.15, 0.2) is 6.29 Å². The lowest BCUT2D eigenvalue weighted by atomic mass is 10.2. The second-order valence-electron chi connectivity index (χ2n) is 2.15. The number of nitrogens with zero attached hydrogens (tertiary/aromatic N) is 1. The number of hydrogen-bond donors (Lipinski definition) is 0. The third-order valence-corrected chi connectivity index (χ3v) is 1.32. The number of hydrogen-bond acceptors (Lipinski definition) is 2. The van der Waals surface area contributed by atoms with Gasteiger partial charge in [-0.05, 0) is 0 Å². The Hall–Kier alpha value is -1.46. The number of alkyl halides is 2. The molecular formula is C7H3F4NO. The number of aromatic nitrogens is 1. The van der Waals surface area contributed by atoms with Crippen molar-refractivity contribution in [1.82, 2.24) is 4.98 Å². The summed E-state index contributed by atoms with van der Waals surface area (Å²) in [6, 6.07) is 0.456. The maximum absolute atomic E-state index is 12.6. The van der Waals surface area contributed by atoms with Gasteiger partial charge in [-0.15, -0.1) is 0 Å². The number of carbonyl (C=O) groups excluding carboxylic acids is 1. The van der Waals surface area contributed by atoms with Gasteiger partial charge in [-0.3, -0.25) is 4.79 Å². The van der Waals surface area contributed by atoms with Gasteiger partial charge in [0.25, 0.3) is 6.43 Å². The Bertz CT molecular complexity index is 316. The standard InChI is InChI=1S/C7H3F4NO/c8-4-1-3(2-13)12-7(11)5(4)6(9)10/h1-2,6H. The van der Waals surface area contributed by atoms with Crippen molar-refractivity contribution in [1.29, 1.82) is 0 Å². The van der Waals surface area contributed by atoms with E-state index in [4.69, 9.17) is 0 Å². The average Bonchev–Trinajstić information content (AvgIpc) is 2.02. The summed E-state index contributed by atoms with van der Waals surface area (Å²) >= 11 is 0. The van der Waals surface area contributed by atoms with Crippen LogP contribution < -0.4 is 0 Å². The molecule has 0 saturated carbocycles. The number of pyridine rings is 1. The quantitative estimate of drug-likeness (QED) is 0.409. The second-order valence-corrected chi connectivity index (χ2v) is 2.15. The molecule has 0 saturated heterocycles. The molecule has 0 N–H and O–H groups in total. The minimum atomic E-state index is -3.28. The first-order chi connectivity index (χ1) is 6.06. The molecule has 1 rings (SSSR count). The van der Waals surface area contributed by atoms with Crippen molar-refractivity contribution >= 4 is 6.29 Å². The van der Waals surface area contributed by atoms with Crippen LogP contribution in [0, 0.1) is 11.8 Å². The summed E-state index contributed by atoms with van der Waals surface area (Å²) in [6.07, 6.45) is -3.21. The minimum absolute atomic E-state index is 0.0708. The van der Waals surface area contributed by atoms with Crippen LogP contribution in [0.3, 0.4) is 0 Å². The maximum atomic E-state index is 12.6. The Balaban J connectivity index is 3.31. The highest BCUT2D eigenvalue weighted by Crippen LogP contribution is 2.23. The molecule has 0 unspecified atom stereocenters. The number of rotatable bonds is 2. The molecule has 1 aromatic heterocycles. The van der Waals surface area contributed by atoms with Crippen LogP contribution >= 0.6 is 0 Å². The van der Waals surface area contributed by atoms with Crippen LogP contribution in [0.2, 0.25) is 0 Å². The fourth-order valence-electron chi connectivity index (χ4n) is 0.767. The van der Waals surface area contributed by atoms with E-state index in [0.717, 1.165) is 0 Å². The first-order valence-electron chi connectivity index (χ1n) is 3.15. The molecule has 0 aliphatic carbocycles. The fourth-order valence-corrected chi connectivity index (χ4v) is 0.767. The SMILES string of the molecule is O=Cc1cc(F)c(C(F)F)c(F)n1. The first-order valence-corrected chi connectivity index (χ1v) is 3.15. The van der Waals surface area contributed by atoms with Gasteiger partial charge in [0, 0.05) is 6.07 Å². The van der Waals surface area contributed by atoms with Gasteiger partial charge in [-0.2, -0.15) is 4.39 Å². The van der Waals surface area contributed by atoms with Crippen LogP contribution in [0.4, 0.5) is 17.6 Å². The molecule has 6 heteroatoms. The molecular weight excluding hydrogens is 190 g/mol. The Morgan fingerprint density at radius 3 is 2.38 bits per heavy atom. The third kappa shape index (κ3) is 1.82. The molecule has 70 valence electrons. The van der Waals surface area contributed by atoms with Gasteiger partial charge in [-0.25, -0.2) is 18.2 Å². The van der Waals surface area contributed by atoms with Crippen LogP contribution in [0.15, 0.2) is 6.07 Å². The summed E-state index contributed by atoms with van der Waals surface area (Å²) in [5.41, 5.74) is -1.97. The summed E-state index contributed by atoms with van der Waals surface area (Å²) < 4.78 is 49.0. The van der Waals surface area contributed by atoms with Crippen molar-refractivity contribution in [3.05, 3.63) is 29.1 Å². The smallest absolute Gasteiger partial charge is 0.271 e. The monoisotopic (exact) mass is 193 g/mol. The van der Waals surface area contributed by atoms with Gasteiger partial charge >= 0.3 is 0 Å². The molecule has 0 amide bonds. The van der Waals surface area contributed by atoms with E-state index >= 15 is 0 Å². The Morgan fingerprint density at radius 2 is 2.00 bits per heavy atom. The van der Waals surface area contributed by atoms with E-state index in [-0.39, 0.29) is 6.29 Å². The summed E-state index contributed by atoms with van der Waals surface area (Å²) in [6.45, 7) is 0. The molecule has 0 fully saturated rings. The van der Waals surface area contributed by atoms with Crippen LogP contribution in [0.1, 0.15) is 22.5 Å². The van der Waals surface area contributed by atoms with Crippen molar-refractivity contribution in [3.63, 3.8) is 0 Å². The Morgan fingerprint density at radius 1 is 1.38 bits per heavy atom. The molecule has 0 radical (unpaired) electrons. The molecule has 0 aromatic carbocycles. The van der Waals surface area contributed by atoms with Crippen LogP contribution in [-0.2, 0) is 0 Å². The van der Waals surface area contributed by atoms with Gasteiger partial charge in [0.05, 0.1) is 0 Å². The average molecular weight is 193 g/mol. The fraction of sp³-hybridized carbons (Fsp3) is 0.143. The molecule has 2 nitrogen and oxygen atoms in total. The molecule has 0 atom stereocenters. The minimum Gasteiger partial charge on any atom is -0.296 e. The zero-order valence-corrected chi connectivity index (χ0v) is 6.10. The Kier molecular flexibility index (Phi) is 2.60. The van der Waals surface area contributed by atoms with E-state index in [1.165, 1.54) is 0 Å². The van der Waals surface area contributed by atoms with Gasteiger partial charge in [-0.1, -0.05) is 0 Å². The third-order valence-electron chi connectivity index (χ3n) is 1.32. The predicted molar refractivity (Wildman–Crippen MR) is 34.5 cm³/mol. The van der Waals surface area contributed by atoms with Crippen molar-refractivity contribution < 1.29 is 22.4 Å². The number of carbonyl (C=O) groups is 1. The lowest BCUT2D eigenvalue weighted by molar-refractivity contribution is 0.111. The molecule has 0 aliphatic heterocycles. The number of aldehydes is 1. The zero-order valence-electron chi connectivity index (χ0n) is 6.10. The lowest BCUT2D eigenvalue weighted by Crippen LogP contribution is -2.02. The van der Waals surface area contributed by atoms with Gasteiger partial charge in [0.2, 0.25) is 5.95 Å². The van der Waals surface area contributed by atoms with E-state index < -0.39 is 29.4 Å². The number of halogens is 4. The molecule has 0 bridgehead atoms. The summed E-state index contributed by atoms with van der Waals surface area (Å²) in [5.74, 6) is -3.12. The van der Waals surface area contributed by atoms with E-state index in [2.05, 4.69) is 4.98 Å². The van der Waals surface area contributed by atoms with E-state index in [1.54, 1.807) is 0 Å². The molecule has 0 aliphatic rings. The zero-order chi connectivity index (χ0) is 10.0. The maximum Gasteiger partial charge on any atom is 0.271 e. The van der Waals surface area contributed by atoms with E-state index in [0.29, 0.717) is 6.07 Å². The van der Waals surface area contributed by atoms with Crippen LogP contribution in [0.5, 0.6) is 0 Å². The highest BCUT2D eigenvalue weighted by molar-refractivity contribution is 5.71. The van der Waals surface area contributed by atoms with Crippen molar-refractivity contribution in [2.24, 2.45) is 0 Å². The lowest BCUT2D eigenvalue weighted by Gasteiger charge is -2.02. The van der Waals surface area contributed by atoms with Crippen LogP contribution in [-0.4, -0.2) is 11.3 Å². The largest absolute Gasteiger partial charge is 0.296 e.